The highest BCUT2D eigenvalue weighted by molar-refractivity contribution is 6.47. The zero-order valence-corrected chi connectivity index (χ0v) is 11.0. The molecule has 0 aliphatic heterocycles. The highest BCUT2D eigenvalue weighted by atomic mass is 16.4. The summed E-state index contributed by atoms with van der Waals surface area (Å²) < 4.78 is 4.43. The third-order valence-corrected chi connectivity index (χ3v) is 1.07. The van der Waals surface area contributed by atoms with E-state index in [4.69, 9.17) is 21.2 Å². The third-order valence-electron chi connectivity index (χ3n) is 1.07. The smallest absolute Gasteiger partial charge is 0.384 e. The Kier molecular flexibility index (Phi) is 27.1. The standard InChI is InChI=1S/C3H9B2N2O2.C2H9BN2O.CH6N2/c1-5(8)7-2-4-9-3-6;1-3(6)5-2-4;2-1-3/h3,6-8H,2H2,1H3;5-6H,2,4H2,1H3;1-3H2. The predicted molar refractivity (Wildman–Crippen MR) is 76.7 cm³/mol. The van der Waals surface area contributed by atoms with Gasteiger partial charge in [-0.1, -0.05) is 0 Å². The molecule has 0 aliphatic rings. The van der Waals surface area contributed by atoms with Crippen LogP contribution in [0.5, 0.6) is 0 Å². The molecule has 9 nitrogen and oxygen atoms in total. The van der Waals surface area contributed by atoms with Crippen molar-refractivity contribution in [3.05, 3.63) is 0 Å². The van der Waals surface area contributed by atoms with E-state index in [1.165, 1.54) is 7.48 Å². The van der Waals surface area contributed by atoms with E-state index in [0.717, 1.165) is 6.40 Å². The number of hydrogen-bond donors (Lipinski definition) is 8. The second-order valence-electron chi connectivity index (χ2n) is 2.82. The van der Waals surface area contributed by atoms with Crippen molar-refractivity contribution in [3.8, 4) is 0 Å². The number of nitrogens with one attached hydrogen (secondary N) is 3. The summed E-state index contributed by atoms with van der Waals surface area (Å²) >= 11 is 0. The highest BCUT2D eigenvalue weighted by Gasteiger charge is 2.00. The van der Waals surface area contributed by atoms with E-state index in [1.807, 2.05) is 0 Å². The van der Waals surface area contributed by atoms with Crippen molar-refractivity contribution >= 4 is 28.0 Å². The fourth-order valence-corrected chi connectivity index (χ4v) is 0.485. The van der Waals surface area contributed by atoms with E-state index in [9.17, 15) is 0 Å². The molecule has 12 heteroatoms. The normalized spacial score (nSPS) is 7.94. The third kappa shape index (κ3) is 45.3. The van der Waals surface area contributed by atoms with E-state index in [0.29, 0.717) is 13.1 Å². The minimum atomic E-state index is -0.532. The van der Waals surface area contributed by atoms with E-state index in [-0.39, 0.29) is 6.67 Å². The van der Waals surface area contributed by atoms with Gasteiger partial charge in [-0.15, -0.1) is 0 Å². The van der Waals surface area contributed by atoms with Gasteiger partial charge in [0.25, 0.3) is 0 Å². The molecule has 0 amide bonds. The molecule has 1 radical (unpaired) electrons. The predicted octanol–water partition coefficient (Wildman–Crippen LogP) is -3.65. The summed E-state index contributed by atoms with van der Waals surface area (Å²) in [7, 11) is 0.380. The zero-order valence-electron chi connectivity index (χ0n) is 11.0. The van der Waals surface area contributed by atoms with Gasteiger partial charge >= 0.3 is 21.6 Å². The van der Waals surface area contributed by atoms with Crippen molar-refractivity contribution in [1.29, 1.82) is 5.41 Å². The molecular formula is C6H24B3N6O3. The zero-order chi connectivity index (χ0) is 14.8. The van der Waals surface area contributed by atoms with Gasteiger partial charge in [-0.05, 0) is 13.6 Å². The van der Waals surface area contributed by atoms with Crippen LogP contribution in [0.25, 0.3) is 0 Å². The van der Waals surface area contributed by atoms with Gasteiger partial charge < -0.3 is 42.4 Å². The lowest BCUT2D eigenvalue weighted by molar-refractivity contribution is 0.555. The van der Waals surface area contributed by atoms with Crippen LogP contribution in [0.2, 0.25) is 13.6 Å². The van der Waals surface area contributed by atoms with Crippen LogP contribution >= 0.6 is 0 Å². The van der Waals surface area contributed by atoms with Crippen molar-refractivity contribution in [3.63, 3.8) is 0 Å². The summed E-state index contributed by atoms with van der Waals surface area (Å²) in [6.45, 7) is 3.81. The minimum absolute atomic E-state index is 0.250. The molecule has 0 aromatic carbocycles. The number of nitrogens with two attached hydrogens (primary N) is 3. The van der Waals surface area contributed by atoms with Crippen LogP contribution in [0.15, 0.2) is 0 Å². The van der Waals surface area contributed by atoms with E-state index >= 15 is 0 Å². The van der Waals surface area contributed by atoms with Crippen LogP contribution in [-0.2, 0) is 4.65 Å². The average Bonchev–Trinajstić information content (AvgIpc) is 2.26. The molecule has 0 unspecified atom stereocenters. The molecule has 0 fully saturated rings. The maximum Gasteiger partial charge on any atom is 0.384 e. The van der Waals surface area contributed by atoms with Crippen molar-refractivity contribution in [2.75, 3.05) is 19.8 Å². The lowest BCUT2D eigenvalue weighted by atomic mass is 9.85. The lowest BCUT2D eigenvalue weighted by Gasteiger charge is -1.99. The number of rotatable bonds is 7. The van der Waals surface area contributed by atoms with Gasteiger partial charge in [-0.3, -0.25) is 5.41 Å². The second kappa shape index (κ2) is 21.6. The van der Waals surface area contributed by atoms with Gasteiger partial charge in [0, 0.05) is 19.8 Å². The van der Waals surface area contributed by atoms with E-state index < -0.39 is 14.1 Å². The molecule has 105 valence electrons. The van der Waals surface area contributed by atoms with Gasteiger partial charge in [-0.25, -0.2) is 0 Å². The van der Waals surface area contributed by atoms with Crippen molar-refractivity contribution in [1.82, 2.24) is 10.5 Å². The molecule has 0 aliphatic carbocycles. The SMILES string of the molecule is CB(O)NCN.CB(O)NC[B]OC=N.NCN. The first-order valence-corrected chi connectivity index (χ1v) is 5.35. The van der Waals surface area contributed by atoms with Gasteiger partial charge in [-0.2, -0.15) is 0 Å². The molecule has 0 bridgehead atoms. The molecule has 0 saturated carbocycles. The Hall–Kier alpha value is -0.615. The Balaban J connectivity index is -0.000000216. The fourth-order valence-electron chi connectivity index (χ4n) is 0.485. The summed E-state index contributed by atoms with van der Waals surface area (Å²) in [5.74, 6) is 0. The Morgan fingerprint density at radius 2 is 1.67 bits per heavy atom. The monoisotopic (exact) mass is 261 g/mol. The first-order chi connectivity index (χ1) is 8.45. The van der Waals surface area contributed by atoms with Crippen LogP contribution in [0.4, 0.5) is 0 Å². The molecule has 0 atom stereocenters. The van der Waals surface area contributed by atoms with Crippen molar-refractivity contribution < 1.29 is 14.7 Å². The molecule has 0 spiro atoms. The van der Waals surface area contributed by atoms with E-state index in [1.54, 1.807) is 13.6 Å². The van der Waals surface area contributed by atoms with Crippen LogP contribution < -0.4 is 27.7 Å². The Morgan fingerprint density at radius 1 is 1.22 bits per heavy atom. The molecule has 0 rings (SSSR count). The van der Waals surface area contributed by atoms with Crippen LogP contribution in [0, 0.1) is 5.41 Å². The fraction of sp³-hybridized carbons (Fsp3) is 0.833. The first kappa shape index (κ1) is 22.6. The summed E-state index contributed by atoms with van der Waals surface area (Å²) in [4.78, 5) is 0. The Labute approximate surface area is 110 Å². The molecule has 18 heavy (non-hydrogen) atoms. The van der Waals surface area contributed by atoms with Crippen LogP contribution in [0.1, 0.15) is 0 Å². The number of hydrogen-bond acceptors (Lipinski definition) is 9. The molecule has 0 saturated heterocycles. The maximum atomic E-state index is 8.61. The average molecular weight is 261 g/mol. The first-order valence-electron chi connectivity index (χ1n) is 5.35. The molecule has 0 heterocycles. The van der Waals surface area contributed by atoms with Gasteiger partial charge in [0.15, 0.2) is 0 Å². The summed E-state index contributed by atoms with van der Waals surface area (Å²) in [5, 5.41) is 28.6. The summed E-state index contributed by atoms with van der Waals surface area (Å²) in [6, 6.07) is 0. The topological polar surface area (TPSA) is 176 Å². The Bertz CT molecular complexity index is 157. The summed E-state index contributed by atoms with van der Waals surface area (Å²) in [6.07, 6.45) is 1.26. The van der Waals surface area contributed by atoms with Gasteiger partial charge in [0.05, 0.1) is 0 Å². The molecule has 11 N–H and O–H groups in total. The second-order valence-corrected chi connectivity index (χ2v) is 2.82. The summed E-state index contributed by atoms with van der Waals surface area (Å²) in [5.41, 5.74) is 14.2. The molecule has 0 aromatic rings. The van der Waals surface area contributed by atoms with Gasteiger partial charge in [0.2, 0.25) is 0 Å². The van der Waals surface area contributed by atoms with Crippen molar-refractivity contribution in [2.45, 2.75) is 13.6 Å². The quantitative estimate of drug-likeness (QED) is 0.0759. The minimum Gasteiger partial charge on any atom is -0.554 e. The van der Waals surface area contributed by atoms with Gasteiger partial charge in [0.1, 0.15) is 6.40 Å². The maximum absolute atomic E-state index is 8.61. The van der Waals surface area contributed by atoms with Crippen LogP contribution in [-0.4, -0.2) is 57.8 Å². The molecular weight excluding hydrogens is 237 g/mol. The lowest BCUT2D eigenvalue weighted by Crippen LogP contribution is -2.35. The Morgan fingerprint density at radius 3 is 1.89 bits per heavy atom. The molecule has 0 aromatic heterocycles. The van der Waals surface area contributed by atoms with Crippen molar-refractivity contribution in [2.24, 2.45) is 17.2 Å². The largest absolute Gasteiger partial charge is 0.554 e. The van der Waals surface area contributed by atoms with Crippen LogP contribution in [0.3, 0.4) is 0 Å². The van der Waals surface area contributed by atoms with E-state index in [2.05, 4.69) is 26.6 Å². The highest BCUT2D eigenvalue weighted by Crippen LogP contribution is 1.64.